The maximum Gasteiger partial charge on any atom is 0.318 e. The van der Waals surface area contributed by atoms with Crippen molar-refractivity contribution in [2.24, 2.45) is 23.7 Å². The molecular weight excluding hydrogens is 1410 g/mol. The maximum absolute atomic E-state index is 11.6. The first-order chi connectivity index (χ1) is 48.2. The van der Waals surface area contributed by atoms with Crippen LogP contribution in [0, 0.1) is 65.2 Å². The van der Waals surface area contributed by atoms with Crippen LogP contribution in [0.2, 0.25) is 10.3 Å². The normalized spacial score (nSPS) is 18.2. The van der Waals surface area contributed by atoms with Crippen LogP contribution < -0.4 is 4.74 Å². The van der Waals surface area contributed by atoms with Crippen LogP contribution in [-0.4, -0.2) is 113 Å². The fourth-order valence-electron chi connectivity index (χ4n) is 10.5. The number of sulfone groups is 1. The summed E-state index contributed by atoms with van der Waals surface area (Å²) >= 11 is 15.7. The van der Waals surface area contributed by atoms with E-state index in [1.807, 2.05) is 139 Å². The molecule has 554 valence electrons. The number of ether oxygens (including phenoxy) is 3. The van der Waals surface area contributed by atoms with Crippen molar-refractivity contribution in [3.8, 4) is 6.01 Å². The lowest BCUT2D eigenvalue weighted by molar-refractivity contribution is -0.145. The lowest BCUT2D eigenvalue weighted by Crippen LogP contribution is -2.09. The molecule has 0 radical (unpaired) electrons. The minimum Gasteiger partial charge on any atom is -0.466 e. The van der Waals surface area contributed by atoms with Crippen LogP contribution in [0.1, 0.15) is 154 Å². The number of aliphatic hydroxyl groups excluding tert-OH is 1. The van der Waals surface area contributed by atoms with Crippen molar-refractivity contribution in [3.05, 3.63) is 221 Å². The van der Waals surface area contributed by atoms with Gasteiger partial charge in [-0.3, -0.25) is 39.2 Å². The molecule has 13 rings (SSSR count). The van der Waals surface area contributed by atoms with Crippen molar-refractivity contribution in [2.75, 3.05) is 32.7 Å². The van der Waals surface area contributed by atoms with Crippen molar-refractivity contribution >= 4 is 73.7 Å². The highest BCUT2D eigenvalue weighted by molar-refractivity contribution is 7.90. The van der Waals surface area contributed by atoms with E-state index in [4.69, 9.17) is 60.8 Å². The van der Waals surface area contributed by atoms with Gasteiger partial charge in [0.1, 0.15) is 10.3 Å². The molecule has 19 nitrogen and oxygen atoms in total. The Labute approximate surface area is 613 Å². The Kier molecular flexibility index (Phi) is 34.9. The minimum absolute atomic E-state index is 0. The number of hydrogen-bond donors (Lipinski definition) is 1. The van der Waals surface area contributed by atoms with Crippen molar-refractivity contribution in [2.45, 2.75) is 136 Å². The Bertz CT molecular complexity index is 4080. The maximum atomic E-state index is 11.6. The highest BCUT2D eigenvalue weighted by atomic mass is 35.5. The van der Waals surface area contributed by atoms with Crippen LogP contribution in [0.25, 0.3) is 6.08 Å². The van der Waals surface area contributed by atoms with Crippen molar-refractivity contribution in [1.82, 2.24) is 54.8 Å². The number of thiazole rings is 2. The second-order valence-electron chi connectivity index (χ2n) is 23.6. The lowest BCUT2D eigenvalue weighted by Gasteiger charge is -2.10. The third kappa shape index (κ3) is 26.6. The number of carbonyl (C=O) groups is 2. The number of aryl methyl sites for hydroxylation is 8. The summed E-state index contributed by atoms with van der Waals surface area (Å²) in [6.07, 6.45) is 18.7. The molecule has 0 amide bonds. The molecule has 9 aromatic rings. The number of pyridine rings is 5. The Morgan fingerprint density at radius 1 is 0.564 bits per heavy atom. The number of rotatable bonds is 20. The first-order valence-electron chi connectivity index (χ1n) is 32.3. The summed E-state index contributed by atoms with van der Waals surface area (Å²) in [5.41, 5.74) is 10.6. The number of nitrogens with zero attached hydrogens (tertiary/aromatic N) is 11. The summed E-state index contributed by atoms with van der Waals surface area (Å²) in [6, 6.07) is 29.7. The van der Waals surface area contributed by atoms with Gasteiger partial charge in [0.2, 0.25) is 15.0 Å². The molecule has 9 heterocycles. The van der Waals surface area contributed by atoms with Crippen molar-refractivity contribution < 1.29 is 68.9 Å². The summed E-state index contributed by atoms with van der Waals surface area (Å²) in [5, 5.41) is 11.4. The fraction of sp³-hybridized carbons (Fsp3) is 0.403. The molecular formula is C72H96Cl2F5N11O8S3. The first-order valence-corrected chi connectivity index (χ1v) is 36.6. The monoisotopic (exact) mass is 1500 g/mol. The number of aliphatic hydroxyl groups is 1. The third-order valence-electron chi connectivity index (χ3n) is 16.3. The number of carbonyl (C=O) groups excluding carboxylic acids is 2. The van der Waals surface area contributed by atoms with E-state index in [0.717, 1.165) is 118 Å². The number of halogens is 7. The summed E-state index contributed by atoms with van der Waals surface area (Å²) in [4.78, 5) is 72.1. The summed E-state index contributed by atoms with van der Waals surface area (Å²) in [5.74, 6) is 2.45. The third-order valence-corrected chi connectivity index (χ3v) is 20.1. The Morgan fingerprint density at radius 3 is 1.31 bits per heavy atom. The van der Waals surface area contributed by atoms with E-state index in [1.54, 1.807) is 54.3 Å². The van der Waals surface area contributed by atoms with Gasteiger partial charge >= 0.3 is 17.9 Å². The van der Waals surface area contributed by atoms with E-state index >= 15 is 0 Å². The minimum atomic E-state index is -3.47. The average Bonchev–Trinajstić information content (AvgIpc) is 1.77. The van der Waals surface area contributed by atoms with Crippen LogP contribution in [0.3, 0.4) is 0 Å². The standard InChI is InChI=1S/C21H23ClN4OS.C13H16ClN3O2S2.2C11H13NO2.C9H11NO.C7H7N.2F2.FH.6H2/c1-12-17(7-8-19-13(2)24-14(3)28-19)25-21(26-20(12)22)27-11-15-10-16(15)18-6-4-5-9-23-18;1-7-10(5-6-11-8(2)15-9(3)20-11)16-13(17-12(7)14)21(4,18)19;2*1-2-14-11(13)9-7-8(9)10-5-3-4-6-12-10;11-6-7-5-8(7)9-3-1-2-4-10-9;1-2-7-5-3-4-6-8-7;2*1-2;;;;;;;/h4-6,9,15-16H,7-8,10-11H2,1-3H3;5-6H2,1-4H3;2*3-6,8-9H,2,7H2,1H3;1-4,7-8,11H,5-6H2;2-6H,1H2;;;7*1H/t15-,16+;;8-,9+;8-,9-;7-,8+;;;;;;;;;;/m0.010........../s1. The molecule has 0 aromatic carbocycles. The Hall–Kier alpha value is -8.21. The van der Waals surface area contributed by atoms with Crippen LogP contribution in [0.15, 0.2) is 134 Å². The summed E-state index contributed by atoms with van der Waals surface area (Å²) < 4.78 is 71.0. The molecule has 4 saturated carbocycles. The molecule has 9 aromatic heterocycles. The van der Waals surface area contributed by atoms with Crippen LogP contribution in [-0.2, 0) is 54.6 Å². The van der Waals surface area contributed by atoms with Gasteiger partial charge in [-0.2, -0.15) is 9.97 Å². The second-order valence-corrected chi connectivity index (χ2v) is 28.8. The van der Waals surface area contributed by atoms with E-state index in [0.29, 0.717) is 73.4 Å². The zero-order valence-corrected chi connectivity index (χ0v) is 61.5. The summed E-state index contributed by atoms with van der Waals surface area (Å²) in [6.45, 7) is 20.8. The van der Waals surface area contributed by atoms with Crippen LogP contribution >= 0.6 is 45.9 Å². The molecule has 1 N–H and O–H groups in total. The van der Waals surface area contributed by atoms with Gasteiger partial charge in [0.15, 0.2) is 0 Å². The topological polar surface area (TPSA) is 258 Å². The molecule has 8 atom stereocenters. The average molecular weight is 1510 g/mol. The summed E-state index contributed by atoms with van der Waals surface area (Å²) in [7, 11) is -3.47. The highest BCUT2D eigenvalue weighted by Gasteiger charge is 2.47. The molecule has 29 heteroatoms. The van der Waals surface area contributed by atoms with Crippen molar-refractivity contribution in [1.29, 1.82) is 0 Å². The van der Waals surface area contributed by atoms with Gasteiger partial charge < -0.3 is 19.3 Å². The van der Waals surface area contributed by atoms with E-state index in [-0.39, 0.29) is 59.2 Å². The quantitative estimate of drug-likeness (QED) is 0.0322. The fourth-order valence-corrected chi connectivity index (χ4v) is 13.4. The van der Waals surface area contributed by atoms with E-state index < -0.39 is 9.84 Å². The first kappa shape index (κ1) is 83.5. The van der Waals surface area contributed by atoms with Gasteiger partial charge in [0.25, 0.3) is 0 Å². The van der Waals surface area contributed by atoms with E-state index in [1.165, 1.54) is 9.75 Å². The highest BCUT2D eigenvalue weighted by Crippen LogP contribution is 2.49. The molecule has 0 spiro atoms. The smallest absolute Gasteiger partial charge is 0.318 e. The second kappa shape index (κ2) is 42.3. The van der Waals surface area contributed by atoms with E-state index in [2.05, 4.69) is 74.4 Å². The van der Waals surface area contributed by atoms with Crippen LogP contribution in [0.5, 0.6) is 6.01 Å². The zero-order chi connectivity index (χ0) is 72.9. The molecule has 4 aliphatic carbocycles. The number of esters is 2. The number of hydrogen-bond acceptors (Lipinski definition) is 21. The molecule has 4 fully saturated rings. The number of aromatic nitrogens is 11. The zero-order valence-electron chi connectivity index (χ0n) is 57.6. The van der Waals surface area contributed by atoms with Gasteiger partial charge in [-0.25, -0.2) is 28.4 Å². The van der Waals surface area contributed by atoms with Gasteiger partial charge in [0.05, 0.1) is 64.4 Å². The largest absolute Gasteiger partial charge is 0.466 e. The Balaban J connectivity index is 0. The van der Waals surface area contributed by atoms with Gasteiger partial charge in [-0.1, -0.05) is 60.1 Å². The molecule has 101 heavy (non-hydrogen) atoms. The predicted octanol–water partition coefficient (Wildman–Crippen LogP) is 17.3. The SMILES string of the molecule is C=Cc1ccccn1.CCOC(=O)[C@@H]1C[C@@H]1c1ccccn1.CCOC(=O)[C@@H]1C[C@H]1c1ccccn1.Cc1nc(C)c(CCc2nc(OC[C@@H]3C[C@H]3c3ccccn3)nc(Cl)c2C)s1.Cc1nc(C)c(CCc2nc(S(C)(=O)=O)nc(Cl)c2C)s1.F.FF.FF.OC[C@@H]1C[C@H]1c1ccccn1.[HH].[HH].[HH].[HH].[HH].[HH]. The Morgan fingerprint density at radius 2 is 0.960 bits per heavy atom. The molecule has 0 unspecified atom stereocenters. The van der Waals surface area contributed by atoms with Gasteiger partial charge in [-0.05, 0) is 179 Å². The van der Waals surface area contributed by atoms with Gasteiger partial charge in [-0.15, -0.1) is 22.7 Å². The van der Waals surface area contributed by atoms with Gasteiger partial charge in [0, 0.05) is 150 Å². The van der Waals surface area contributed by atoms with Crippen molar-refractivity contribution in [3.63, 3.8) is 0 Å². The van der Waals surface area contributed by atoms with Crippen LogP contribution in [0.4, 0.5) is 23.0 Å². The molecule has 0 aliphatic heterocycles. The predicted molar refractivity (Wildman–Crippen MR) is 395 cm³/mol. The van der Waals surface area contributed by atoms with E-state index in [9.17, 15) is 18.0 Å². The molecule has 0 bridgehead atoms. The molecule has 4 aliphatic rings. The lowest BCUT2D eigenvalue weighted by atomic mass is 10.1. The molecule has 0 saturated heterocycles.